The van der Waals surface area contributed by atoms with Crippen LogP contribution in [-0.4, -0.2) is 15.7 Å². The number of nitrogens with one attached hydrogen (secondary N) is 1. The molecular formula is C21H20FN3O. The number of aryl methyl sites for hydroxylation is 2. The Morgan fingerprint density at radius 2 is 1.85 bits per heavy atom. The van der Waals surface area contributed by atoms with Crippen molar-refractivity contribution in [2.75, 3.05) is 5.32 Å². The zero-order valence-electron chi connectivity index (χ0n) is 14.8. The van der Waals surface area contributed by atoms with E-state index in [1.54, 1.807) is 16.8 Å². The van der Waals surface area contributed by atoms with E-state index in [1.165, 1.54) is 17.7 Å². The molecule has 26 heavy (non-hydrogen) atoms. The number of benzene rings is 2. The number of nitrogens with zero attached hydrogens (tertiary/aromatic N) is 2. The largest absolute Gasteiger partial charge is 0.321 e. The van der Waals surface area contributed by atoms with E-state index in [0.717, 1.165) is 47.5 Å². The Bertz CT molecular complexity index is 989. The lowest BCUT2D eigenvalue weighted by molar-refractivity contribution is 0.102. The molecule has 0 unspecified atom stereocenters. The van der Waals surface area contributed by atoms with E-state index in [4.69, 9.17) is 0 Å². The van der Waals surface area contributed by atoms with Gasteiger partial charge in [0.15, 0.2) is 5.69 Å². The van der Waals surface area contributed by atoms with Crippen LogP contribution in [0.4, 0.5) is 10.1 Å². The monoisotopic (exact) mass is 349 g/mol. The van der Waals surface area contributed by atoms with Crippen molar-refractivity contribution in [3.05, 3.63) is 76.4 Å². The summed E-state index contributed by atoms with van der Waals surface area (Å²) in [6.45, 7) is 4.06. The summed E-state index contributed by atoms with van der Waals surface area (Å²) in [5.74, 6) is -0.488. The molecule has 3 aromatic rings. The minimum atomic E-state index is -0.287. The van der Waals surface area contributed by atoms with Gasteiger partial charge in [-0.15, -0.1) is 0 Å². The van der Waals surface area contributed by atoms with Gasteiger partial charge in [-0.2, -0.15) is 5.10 Å². The summed E-state index contributed by atoms with van der Waals surface area (Å²) >= 11 is 0. The fourth-order valence-corrected chi connectivity index (χ4v) is 3.43. The molecule has 0 fully saturated rings. The fourth-order valence-electron chi connectivity index (χ4n) is 3.43. The lowest BCUT2D eigenvalue weighted by Crippen LogP contribution is -2.15. The molecule has 0 saturated carbocycles. The van der Waals surface area contributed by atoms with Gasteiger partial charge in [0.2, 0.25) is 0 Å². The number of aromatic nitrogens is 2. The molecule has 4 nitrogen and oxygen atoms in total. The number of halogens is 1. The number of carbonyl (C=O) groups is 1. The molecule has 0 aliphatic heterocycles. The summed E-state index contributed by atoms with van der Waals surface area (Å²) < 4.78 is 15.0. The number of carbonyl (C=O) groups excluding carboxylic acids is 1. The minimum absolute atomic E-state index is 0.202. The zero-order chi connectivity index (χ0) is 18.3. The van der Waals surface area contributed by atoms with Crippen LogP contribution in [0.5, 0.6) is 0 Å². The maximum atomic E-state index is 13.2. The topological polar surface area (TPSA) is 46.9 Å². The molecule has 1 amide bonds. The smallest absolute Gasteiger partial charge is 0.276 e. The first-order valence-corrected chi connectivity index (χ1v) is 8.78. The first kappa shape index (κ1) is 16.5. The van der Waals surface area contributed by atoms with Crippen LogP contribution >= 0.6 is 0 Å². The van der Waals surface area contributed by atoms with Crippen molar-refractivity contribution in [1.29, 1.82) is 0 Å². The van der Waals surface area contributed by atoms with Gasteiger partial charge in [0, 0.05) is 16.9 Å². The van der Waals surface area contributed by atoms with Crippen molar-refractivity contribution in [2.45, 2.75) is 33.1 Å². The molecule has 2 aromatic carbocycles. The molecule has 1 heterocycles. The second-order valence-electron chi connectivity index (χ2n) is 6.77. The van der Waals surface area contributed by atoms with Gasteiger partial charge in [-0.25, -0.2) is 9.07 Å². The Kier molecular flexibility index (Phi) is 4.07. The molecule has 0 bridgehead atoms. The summed E-state index contributed by atoms with van der Waals surface area (Å²) in [7, 11) is 0. The summed E-state index contributed by atoms with van der Waals surface area (Å²) in [5, 5.41) is 7.51. The van der Waals surface area contributed by atoms with Gasteiger partial charge < -0.3 is 5.32 Å². The molecule has 0 atom stereocenters. The highest BCUT2D eigenvalue weighted by molar-refractivity contribution is 6.04. The average molecular weight is 349 g/mol. The maximum absolute atomic E-state index is 13.2. The number of hydrogen-bond donors (Lipinski definition) is 1. The van der Waals surface area contributed by atoms with Crippen molar-refractivity contribution in [2.24, 2.45) is 0 Å². The van der Waals surface area contributed by atoms with Crippen LogP contribution in [0.25, 0.3) is 5.69 Å². The third kappa shape index (κ3) is 2.90. The Morgan fingerprint density at radius 1 is 1.08 bits per heavy atom. The average Bonchev–Trinajstić information content (AvgIpc) is 3.21. The number of rotatable bonds is 3. The van der Waals surface area contributed by atoms with E-state index in [-0.39, 0.29) is 11.7 Å². The highest BCUT2D eigenvalue weighted by atomic mass is 19.1. The van der Waals surface area contributed by atoms with Crippen molar-refractivity contribution in [3.8, 4) is 5.69 Å². The first-order chi connectivity index (χ1) is 12.5. The van der Waals surface area contributed by atoms with Crippen LogP contribution < -0.4 is 5.32 Å². The third-order valence-electron chi connectivity index (χ3n) is 4.98. The third-order valence-corrected chi connectivity index (χ3v) is 4.98. The fraction of sp³-hybridized carbons (Fsp3) is 0.238. The molecule has 0 spiro atoms. The van der Waals surface area contributed by atoms with E-state index in [2.05, 4.69) is 10.4 Å². The number of hydrogen-bond acceptors (Lipinski definition) is 2. The molecule has 0 radical (unpaired) electrons. The van der Waals surface area contributed by atoms with E-state index < -0.39 is 0 Å². The second kappa shape index (κ2) is 6.41. The molecule has 1 aromatic heterocycles. The number of fused-ring (bicyclic) bond motifs is 1. The SMILES string of the molecule is Cc1ccc(NC(=O)c2nn(-c3ccc(F)cc3)c3c2CCC3)cc1C. The lowest BCUT2D eigenvalue weighted by atomic mass is 10.1. The van der Waals surface area contributed by atoms with Crippen LogP contribution in [0.1, 0.15) is 39.3 Å². The summed E-state index contributed by atoms with van der Waals surface area (Å²) in [5.41, 5.74) is 6.35. The molecule has 1 aliphatic rings. The van der Waals surface area contributed by atoms with Gasteiger partial charge in [0.1, 0.15) is 5.82 Å². The van der Waals surface area contributed by atoms with Crippen molar-refractivity contribution in [1.82, 2.24) is 9.78 Å². The molecule has 4 rings (SSSR count). The number of amides is 1. The van der Waals surface area contributed by atoms with Gasteiger partial charge in [-0.05, 0) is 80.6 Å². The maximum Gasteiger partial charge on any atom is 0.276 e. The van der Waals surface area contributed by atoms with Gasteiger partial charge in [-0.3, -0.25) is 4.79 Å². The summed E-state index contributed by atoms with van der Waals surface area (Å²) in [6.07, 6.45) is 2.71. The predicted octanol–water partition coefficient (Wildman–Crippen LogP) is 4.37. The van der Waals surface area contributed by atoms with Crippen LogP contribution in [-0.2, 0) is 12.8 Å². The zero-order valence-corrected chi connectivity index (χ0v) is 14.8. The molecule has 5 heteroatoms. The highest BCUT2D eigenvalue weighted by Crippen LogP contribution is 2.28. The van der Waals surface area contributed by atoms with Crippen LogP contribution in [0.2, 0.25) is 0 Å². The minimum Gasteiger partial charge on any atom is -0.321 e. The highest BCUT2D eigenvalue weighted by Gasteiger charge is 2.27. The first-order valence-electron chi connectivity index (χ1n) is 8.78. The predicted molar refractivity (Wildman–Crippen MR) is 99.4 cm³/mol. The normalized spacial score (nSPS) is 12.9. The van der Waals surface area contributed by atoms with Crippen molar-refractivity contribution >= 4 is 11.6 Å². The Balaban J connectivity index is 1.68. The van der Waals surface area contributed by atoms with Crippen molar-refractivity contribution < 1.29 is 9.18 Å². The molecule has 1 N–H and O–H groups in total. The quantitative estimate of drug-likeness (QED) is 0.763. The van der Waals surface area contributed by atoms with Crippen molar-refractivity contribution in [3.63, 3.8) is 0 Å². The van der Waals surface area contributed by atoms with E-state index in [1.807, 2.05) is 32.0 Å². The van der Waals surface area contributed by atoms with E-state index >= 15 is 0 Å². The van der Waals surface area contributed by atoms with Crippen LogP contribution in [0, 0.1) is 19.7 Å². The Morgan fingerprint density at radius 3 is 2.58 bits per heavy atom. The van der Waals surface area contributed by atoms with Crippen LogP contribution in [0.15, 0.2) is 42.5 Å². The number of anilines is 1. The summed E-state index contributed by atoms with van der Waals surface area (Å²) in [6, 6.07) is 12.0. The van der Waals surface area contributed by atoms with Gasteiger partial charge >= 0.3 is 0 Å². The van der Waals surface area contributed by atoms with E-state index in [9.17, 15) is 9.18 Å². The van der Waals surface area contributed by atoms with Crippen LogP contribution in [0.3, 0.4) is 0 Å². The van der Waals surface area contributed by atoms with Gasteiger partial charge in [0.25, 0.3) is 5.91 Å². The molecular weight excluding hydrogens is 329 g/mol. The Labute approximate surface area is 151 Å². The molecule has 0 saturated heterocycles. The summed E-state index contributed by atoms with van der Waals surface area (Å²) in [4.78, 5) is 12.8. The van der Waals surface area contributed by atoms with Gasteiger partial charge in [-0.1, -0.05) is 6.07 Å². The van der Waals surface area contributed by atoms with Gasteiger partial charge in [0.05, 0.1) is 5.69 Å². The lowest BCUT2D eigenvalue weighted by Gasteiger charge is -2.07. The Hall–Kier alpha value is -2.95. The standard InChI is InChI=1S/C21H20FN3O/c1-13-6-9-16(12-14(13)2)23-21(26)20-18-4-3-5-19(18)25(24-20)17-10-7-15(22)8-11-17/h6-12H,3-5H2,1-2H3,(H,23,26). The second-order valence-corrected chi connectivity index (χ2v) is 6.77. The van der Waals surface area contributed by atoms with E-state index in [0.29, 0.717) is 5.69 Å². The molecule has 132 valence electrons. The molecule has 1 aliphatic carbocycles.